The number of hydrogen-bond donors (Lipinski definition) is 1. The number of nitrogens with zero attached hydrogens (tertiary/aromatic N) is 2. The zero-order chi connectivity index (χ0) is 16.4. The molecule has 5 heteroatoms. The Bertz CT molecular complexity index is 591. The monoisotopic (exact) mass is 302 g/mol. The summed E-state index contributed by atoms with van der Waals surface area (Å²) in [6, 6.07) is 9.19. The van der Waals surface area contributed by atoms with Gasteiger partial charge in [0.1, 0.15) is 5.60 Å². The topological polar surface area (TPSA) is 73.6 Å². The Labute approximate surface area is 131 Å². The van der Waals surface area contributed by atoms with Gasteiger partial charge in [-0.05, 0) is 39.7 Å². The molecule has 0 bridgehead atoms. The zero-order valence-electron chi connectivity index (χ0n) is 13.3. The second-order valence-corrected chi connectivity index (χ2v) is 6.66. The van der Waals surface area contributed by atoms with E-state index in [1.165, 1.54) is 0 Å². The third-order valence-electron chi connectivity index (χ3n) is 3.79. The van der Waals surface area contributed by atoms with Crippen molar-refractivity contribution in [3.8, 4) is 6.07 Å². The number of likely N-dealkylation sites (tertiary alicyclic amines) is 1. The average Bonchev–Trinajstić information content (AvgIpc) is 2.46. The number of ether oxygens (including phenoxy) is 1. The van der Waals surface area contributed by atoms with Crippen LogP contribution in [0, 0.1) is 11.3 Å². The smallest absolute Gasteiger partial charge is 0.410 e. The number of amides is 1. The molecular weight excluding hydrogens is 280 g/mol. The number of carbonyl (C=O) groups is 1. The first-order chi connectivity index (χ1) is 10.2. The third-order valence-corrected chi connectivity index (χ3v) is 3.79. The molecule has 1 fully saturated rings. The predicted octanol–water partition coefficient (Wildman–Crippen LogP) is 2.78. The highest BCUT2D eigenvalue weighted by Crippen LogP contribution is 2.35. The molecule has 1 aliphatic rings. The molecule has 1 heterocycles. The first-order valence-electron chi connectivity index (χ1n) is 7.45. The van der Waals surface area contributed by atoms with Crippen LogP contribution < -0.4 is 0 Å². The number of benzene rings is 1. The van der Waals surface area contributed by atoms with Crippen molar-refractivity contribution in [2.24, 2.45) is 0 Å². The number of rotatable bonds is 1. The lowest BCUT2D eigenvalue weighted by atomic mass is 9.82. The summed E-state index contributed by atoms with van der Waals surface area (Å²) in [7, 11) is 0. The van der Waals surface area contributed by atoms with E-state index in [0.717, 1.165) is 0 Å². The maximum absolute atomic E-state index is 12.1. The summed E-state index contributed by atoms with van der Waals surface area (Å²) < 4.78 is 5.35. The van der Waals surface area contributed by atoms with Crippen molar-refractivity contribution in [3.05, 3.63) is 35.4 Å². The minimum atomic E-state index is -1.06. The fourth-order valence-electron chi connectivity index (χ4n) is 2.64. The van der Waals surface area contributed by atoms with Gasteiger partial charge in [-0.1, -0.05) is 18.2 Å². The van der Waals surface area contributed by atoms with Gasteiger partial charge in [-0.25, -0.2) is 4.79 Å². The van der Waals surface area contributed by atoms with E-state index in [-0.39, 0.29) is 6.09 Å². The van der Waals surface area contributed by atoms with Crippen molar-refractivity contribution < 1.29 is 14.6 Å². The van der Waals surface area contributed by atoms with Gasteiger partial charge < -0.3 is 14.7 Å². The van der Waals surface area contributed by atoms with Gasteiger partial charge in [0.2, 0.25) is 0 Å². The predicted molar refractivity (Wildman–Crippen MR) is 82.1 cm³/mol. The standard InChI is InChI=1S/C17H22N2O3/c1-16(2,3)22-15(20)19-10-8-17(21,9-11-19)14-7-5-4-6-13(14)12-18/h4-7,21H,8-11H2,1-3H3. The minimum absolute atomic E-state index is 0.358. The average molecular weight is 302 g/mol. The van der Waals surface area contributed by atoms with Crippen LogP contribution in [0.3, 0.4) is 0 Å². The fraction of sp³-hybridized carbons (Fsp3) is 0.529. The highest BCUT2D eigenvalue weighted by molar-refractivity contribution is 5.68. The van der Waals surface area contributed by atoms with E-state index >= 15 is 0 Å². The van der Waals surface area contributed by atoms with Gasteiger partial charge in [0, 0.05) is 18.7 Å². The van der Waals surface area contributed by atoms with Crippen LogP contribution in [0.1, 0.15) is 44.7 Å². The van der Waals surface area contributed by atoms with Crippen LogP contribution >= 0.6 is 0 Å². The molecule has 0 aromatic heterocycles. The largest absolute Gasteiger partial charge is 0.444 e. The highest BCUT2D eigenvalue weighted by Gasteiger charge is 2.37. The molecule has 2 rings (SSSR count). The summed E-state index contributed by atoms with van der Waals surface area (Å²) in [6.45, 7) is 6.30. The third kappa shape index (κ3) is 3.58. The lowest BCUT2D eigenvalue weighted by molar-refractivity contribution is -0.0357. The summed E-state index contributed by atoms with van der Waals surface area (Å²) in [4.78, 5) is 13.7. The Morgan fingerprint density at radius 2 is 1.91 bits per heavy atom. The van der Waals surface area contributed by atoms with Crippen LogP contribution in [0.2, 0.25) is 0 Å². The quantitative estimate of drug-likeness (QED) is 0.865. The maximum atomic E-state index is 12.1. The molecule has 0 aliphatic carbocycles. The zero-order valence-corrected chi connectivity index (χ0v) is 13.3. The Morgan fingerprint density at radius 1 is 1.32 bits per heavy atom. The number of nitriles is 1. The molecular formula is C17H22N2O3. The van der Waals surface area contributed by atoms with Gasteiger partial charge in [0.25, 0.3) is 0 Å². The first kappa shape index (κ1) is 16.3. The highest BCUT2D eigenvalue weighted by atomic mass is 16.6. The van der Waals surface area contributed by atoms with Crippen LogP contribution in [0.25, 0.3) is 0 Å². The van der Waals surface area contributed by atoms with Gasteiger partial charge >= 0.3 is 6.09 Å². The van der Waals surface area contributed by atoms with E-state index in [1.54, 1.807) is 23.1 Å². The van der Waals surface area contributed by atoms with E-state index in [0.29, 0.717) is 37.1 Å². The lowest BCUT2D eigenvalue weighted by Gasteiger charge is -2.39. The summed E-state index contributed by atoms with van der Waals surface area (Å²) >= 11 is 0. The summed E-state index contributed by atoms with van der Waals surface area (Å²) in [5.41, 5.74) is -0.472. The molecule has 118 valence electrons. The van der Waals surface area contributed by atoms with E-state index < -0.39 is 11.2 Å². The van der Waals surface area contributed by atoms with Gasteiger partial charge in [-0.3, -0.25) is 0 Å². The van der Waals surface area contributed by atoms with Crippen molar-refractivity contribution in [3.63, 3.8) is 0 Å². The molecule has 1 aliphatic heterocycles. The molecule has 1 aromatic carbocycles. The number of carbonyl (C=O) groups excluding carboxylic acids is 1. The van der Waals surface area contributed by atoms with Gasteiger partial charge in [0.05, 0.1) is 17.2 Å². The molecule has 0 spiro atoms. The molecule has 0 unspecified atom stereocenters. The van der Waals surface area contributed by atoms with Crippen molar-refractivity contribution in [1.29, 1.82) is 5.26 Å². The molecule has 1 saturated heterocycles. The molecule has 5 nitrogen and oxygen atoms in total. The Morgan fingerprint density at radius 3 is 2.45 bits per heavy atom. The molecule has 1 aromatic rings. The van der Waals surface area contributed by atoms with E-state index in [2.05, 4.69) is 6.07 Å². The molecule has 22 heavy (non-hydrogen) atoms. The van der Waals surface area contributed by atoms with Gasteiger partial charge in [-0.2, -0.15) is 5.26 Å². The SMILES string of the molecule is CC(C)(C)OC(=O)N1CCC(O)(c2ccccc2C#N)CC1. The van der Waals surface area contributed by atoms with Gasteiger partial charge in [0.15, 0.2) is 0 Å². The van der Waals surface area contributed by atoms with Gasteiger partial charge in [-0.15, -0.1) is 0 Å². The van der Waals surface area contributed by atoms with Crippen molar-refractivity contribution in [2.75, 3.05) is 13.1 Å². The van der Waals surface area contributed by atoms with Crippen LogP contribution in [0.4, 0.5) is 4.79 Å². The second-order valence-electron chi connectivity index (χ2n) is 6.66. The summed E-state index contributed by atoms with van der Waals surface area (Å²) in [5.74, 6) is 0. The van der Waals surface area contributed by atoms with Crippen LogP contribution in [0.5, 0.6) is 0 Å². The molecule has 1 amide bonds. The Balaban J connectivity index is 2.08. The van der Waals surface area contributed by atoms with E-state index in [9.17, 15) is 15.2 Å². The van der Waals surface area contributed by atoms with Crippen molar-refractivity contribution >= 4 is 6.09 Å². The Kier molecular flexibility index (Phi) is 4.43. The van der Waals surface area contributed by atoms with Crippen molar-refractivity contribution in [1.82, 2.24) is 4.90 Å². The second kappa shape index (κ2) is 5.98. The Hall–Kier alpha value is -2.06. The van der Waals surface area contributed by atoms with E-state index in [1.807, 2.05) is 26.8 Å². The number of hydrogen-bond acceptors (Lipinski definition) is 4. The maximum Gasteiger partial charge on any atom is 0.410 e. The molecule has 0 atom stereocenters. The summed E-state index contributed by atoms with van der Waals surface area (Å²) in [6.07, 6.45) is 0.429. The van der Waals surface area contributed by atoms with Crippen LogP contribution in [-0.2, 0) is 10.3 Å². The normalized spacial score (nSPS) is 17.7. The molecule has 0 saturated carbocycles. The van der Waals surface area contributed by atoms with Crippen LogP contribution in [0.15, 0.2) is 24.3 Å². The molecule has 1 N–H and O–H groups in total. The number of aliphatic hydroxyl groups is 1. The lowest BCUT2D eigenvalue weighted by Crippen LogP contribution is -2.47. The van der Waals surface area contributed by atoms with Crippen LogP contribution in [-0.4, -0.2) is 34.8 Å². The first-order valence-corrected chi connectivity index (χ1v) is 7.45. The molecule has 0 radical (unpaired) electrons. The van der Waals surface area contributed by atoms with E-state index in [4.69, 9.17) is 4.74 Å². The minimum Gasteiger partial charge on any atom is -0.444 e. The number of piperidine rings is 1. The fourth-order valence-corrected chi connectivity index (χ4v) is 2.64. The van der Waals surface area contributed by atoms with Crippen molar-refractivity contribution in [2.45, 2.75) is 44.8 Å². The summed E-state index contributed by atoms with van der Waals surface area (Å²) in [5, 5.41) is 20.0.